The molecule has 0 unspecified atom stereocenters. The molecule has 1 aromatic heterocycles. The molecule has 3 amide bonds. The van der Waals surface area contributed by atoms with Crippen molar-refractivity contribution in [2.75, 3.05) is 13.1 Å². The van der Waals surface area contributed by atoms with Gasteiger partial charge in [-0.2, -0.15) is 0 Å². The van der Waals surface area contributed by atoms with Crippen molar-refractivity contribution in [1.82, 2.24) is 15.5 Å². The summed E-state index contributed by atoms with van der Waals surface area (Å²) in [5, 5.41) is 6.03. The fraction of sp³-hybridized carbons (Fsp3) is 0.542. The van der Waals surface area contributed by atoms with Gasteiger partial charge in [0.15, 0.2) is 5.43 Å². The van der Waals surface area contributed by atoms with Crippen LogP contribution >= 0.6 is 0 Å². The molecule has 31 heavy (non-hydrogen) atoms. The maximum Gasteiger partial charge on any atom is 0.322 e. The van der Waals surface area contributed by atoms with Crippen LogP contribution in [0.2, 0.25) is 0 Å². The number of amides is 3. The number of hydrogen-bond acceptors (Lipinski definition) is 5. The number of nitrogens with one attached hydrogen (secondary N) is 2. The highest BCUT2D eigenvalue weighted by Crippen LogP contribution is 2.35. The second kappa shape index (κ2) is 8.46. The summed E-state index contributed by atoms with van der Waals surface area (Å²) in [4.78, 5) is 39.8. The zero-order chi connectivity index (χ0) is 22.2. The highest BCUT2D eigenvalue weighted by atomic mass is 16.3. The van der Waals surface area contributed by atoms with E-state index in [0.717, 1.165) is 37.9 Å². The minimum atomic E-state index is -0.813. The number of fused-ring (bicyclic) bond motifs is 1. The van der Waals surface area contributed by atoms with E-state index in [1.165, 1.54) is 0 Å². The molecule has 0 saturated carbocycles. The van der Waals surface area contributed by atoms with Gasteiger partial charge >= 0.3 is 6.03 Å². The standard InChI is InChI=1S/C24H31N3O4/c1-15(2)6-9-24(22(29)25-23(30)26-24)18-7-10-27(11-8-18)13-17-14-31-20-5-4-16(3)12-19(20)21(17)28/h4-5,12,14-15,18H,6-11,13H2,1-3H3,(H2,25,26,29,30)/t24-/m1/s1. The van der Waals surface area contributed by atoms with E-state index in [1.807, 2.05) is 25.1 Å². The lowest BCUT2D eigenvalue weighted by Gasteiger charge is -2.41. The van der Waals surface area contributed by atoms with Crippen LogP contribution in [0, 0.1) is 18.8 Å². The second-order valence-corrected chi connectivity index (χ2v) is 9.45. The number of imide groups is 1. The monoisotopic (exact) mass is 425 g/mol. The Morgan fingerprint density at radius 1 is 1.19 bits per heavy atom. The van der Waals surface area contributed by atoms with Crippen molar-refractivity contribution in [3.05, 3.63) is 45.8 Å². The average Bonchev–Trinajstić information content (AvgIpc) is 3.03. The number of rotatable bonds is 6. The van der Waals surface area contributed by atoms with Gasteiger partial charge in [-0.15, -0.1) is 0 Å². The van der Waals surface area contributed by atoms with Crippen LogP contribution in [-0.4, -0.2) is 35.5 Å². The number of likely N-dealkylation sites (tertiary alicyclic amines) is 1. The van der Waals surface area contributed by atoms with Crippen LogP contribution in [0.5, 0.6) is 0 Å². The molecule has 1 aromatic carbocycles. The van der Waals surface area contributed by atoms with Crippen molar-refractivity contribution in [3.8, 4) is 0 Å². The number of nitrogens with zero attached hydrogens (tertiary/aromatic N) is 1. The first-order valence-corrected chi connectivity index (χ1v) is 11.2. The molecule has 2 aromatic rings. The summed E-state index contributed by atoms with van der Waals surface area (Å²) in [5.74, 6) is 0.352. The summed E-state index contributed by atoms with van der Waals surface area (Å²) in [5.41, 5.74) is 1.49. The first kappa shape index (κ1) is 21.6. The van der Waals surface area contributed by atoms with E-state index >= 15 is 0 Å². The van der Waals surface area contributed by atoms with Crippen molar-refractivity contribution < 1.29 is 14.0 Å². The number of urea groups is 1. The quantitative estimate of drug-likeness (QED) is 0.693. The minimum absolute atomic E-state index is 0.0166. The fourth-order valence-corrected chi connectivity index (χ4v) is 4.91. The fourth-order valence-electron chi connectivity index (χ4n) is 4.91. The van der Waals surface area contributed by atoms with Gasteiger partial charge in [-0.05, 0) is 69.7 Å². The Bertz CT molecular complexity index is 1050. The molecule has 7 heteroatoms. The topological polar surface area (TPSA) is 91.7 Å². The first-order valence-electron chi connectivity index (χ1n) is 11.2. The Hall–Kier alpha value is -2.67. The Morgan fingerprint density at radius 3 is 2.58 bits per heavy atom. The molecule has 2 aliphatic heterocycles. The SMILES string of the molecule is Cc1ccc2occ(CN3CCC([C@@]4(CCC(C)C)NC(=O)NC4=O)CC3)c(=O)c2c1. The van der Waals surface area contributed by atoms with E-state index in [1.54, 1.807) is 6.26 Å². The molecular weight excluding hydrogens is 394 g/mol. The molecule has 166 valence electrons. The maximum atomic E-state index is 12.9. The zero-order valence-corrected chi connectivity index (χ0v) is 18.5. The van der Waals surface area contributed by atoms with Crippen molar-refractivity contribution in [3.63, 3.8) is 0 Å². The van der Waals surface area contributed by atoms with Crippen molar-refractivity contribution >= 4 is 22.9 Å². The highest BCUT2D eigenvalue weighted by Gasteiger charge is 2.51. The van der Waals surface area contributed by atoms with E-state index < -0.39 is 5.54 Å². The Kier molecular flexibility index (Phi) is 5.88. The summed E-state index contributed by atoms with van der Waals surface area (Å²) in [6, 6.07) is 5.25. The summed E-state index contributed by atoms with van der Waals surface area (Å²) in [6.45, 7) is 8.27. The van der Waals surface area contributed by atoms with Crippen LogP contribution < -0.4 is 16.1 Å². The molecule has 0 bridgehead atoms. The summed E-state index contributed by atoms with van der Waals surface area (Å²) in [6.07, 6.45) is 4.69. The normalized spacial score (nSPS) is 22.8. The van der Waals surface area contributed by atoms with Gasteiger partial charge < -0.3 is 9.73 Å². The third-order valence-electron chi connectivity index (χ3n) is 6.76. The molecule has 0 radical (unpaired) electrons. The molecule has 2 N–H and O–H groups in total. The molecule has 0 aliphatic carbocycles. The van der Waals surface area contributed by atoms with Gasteiger partial charge in [-0.3, -0.25) is 19.8 Å². The van der Waals surface area contributed by atoms with E-state index in [4.69, 9.17) is 4.42 Å². The predicted molar refractivity (Wildman–Crippen MR) is 119 cm³/mol. The van der Waals surface area contributed by atoms with Gasteiger partial charge in [-0.25, -0.2) is 4.79 Å². The second-order valence-electron chi connectivity index (χ2n) is 9.45. The van der Waals surface area contributed by atoms with Crippen LogP contribution in [0.4, 0.5) is 4.79 Å². The van der Waals surface area contributed by atoms with Gasteiger partial charge in [-0.1, -0.05) is 25.5 Å². The molecule has 2 aliphatic rings. The van der Waals surface area contributed by atoms with Crippen molar-refractivity contribution in [1.29, 1.82) is 0 Å². The third kappa shape index (κ3) is 4.24. The molecule has 7 nitrogen and oxygen atoms in total. The number of benzene rings is 1. The lowest BCUT2D eigenvalue weighted by atomic mass is 9.74. The summed E-state index contributed by atoms with van der Waals surface area (Å²) in [7, 11) is 0. The van der Waals surface area contributed by atoms with Gasteiger partial charge in [0.25, 0.3) is 5.91 Å². The van der Waals surface area contributed by atoms with Crippen LogP contribution in [0.1, 0.15) is 50.7 Å². The maximum absolute atomic E-state index is 12.9. The largest absolute Gasteiger partial charge is 0.464 e. The molecule has 0 spiro atoms. The molecular formula is C24H31N3O4. The van der Waals surface area contributed by atoms with Crippen molar-refractivity contribution in [2.24, 2.45) is 11.8 Å². The minimum Gasteiger partial charge on any atom is -0.464 e. The van der Waals surface area contributed by atoms with E-state index in [-0.39, 0.29) is 23.3 Å². The lowest BCUT2D eigenvalue weighted by molar-refractivity contribution is -0.127. The van der Waals surface area contributed by atoms with Crippen LogP contribution in [0.3, 0.4) is 0 Å². The number of piperidine rings is 1. The molecule has 2 saturated heterocycles. The van der Waals surface area contributed by atoms with Gasteiger partial charge in [0.05, 0.1) is 11.6 Å². The summed E-state index contributed by atoms with van der Waals surface area (Å²) >= 11 is 0. The number of carbonyl (C=O) groups excluding carboxylic acids is 2. The summed E-state index contributed by atoms with van der Waals surface area (Å²) < 4.78 is 5.69. The zero-order valence-electron chi connectivity index (χ0n) is 18.5. The van der Waals surface area contributed by atoms with Crippen LogP contribution in [-0.2, 0) is 11.3 Å². The van der Waals surface area contributed by atoms with E-state index in [0.29, 0.717) is 35.4 Å². The third-order valence-corrected chi connectivity index (χ3v) is 6.76. The highest BCUT2D eigenvalue weighted by molar-refractivity contribution is 6.07. The van der Waals surface area contributed by atoms with E-state index in [2.05, 4.69) is 29.4 Å². The van der Waals surface area contributed by atoms with Gasteiger partial charge in [0.1, 0.15) is 11.1 Å². The molecule has 4 rings (SSSR count). The number of carbonyl (C=O) groups is 2. The average molecular weight is 426 g/mol. The molecule has 1 atom stereocenters. The van der Waals surface area contributed by atoms with Crippen molar-refractivity contribution in [2.45, 2.75) is 58.5 Å². The smallest absolute Gasteiger partial charge is 0.322 e. The van der Waals surface area contributed by atoms with Crippen LogP contribution in [0.25, 0.3) is 11.0 Å². The number of aryl methyl sites for hydroxylation is 1. The number of hydrogen-bond donors (Lipinski definition) is 2. The molecule has 2 fully saturated rings. The Balaban J connectivity index is 1.46. The van der Waals surface area contributed by atoms with Gasteiger partial charge in [0.2, 0.25) is 0 Å². The Morgan fingerprint density at radius 2 is 1.94 bits per heavy atom. The Labute approximate surface area is 182 Å². The first-order chi connectivity index (χ1) is 14.8. The molecule has 3 heterocycles. The van der Waals surface area contributed by atoms with Gasteiger partial charge in [0, 0.05) is 12.1 Å². The predicted octanol–water partition coefficient (Wildman–Crippen LogP) is 3.33. The van der Waals surface area contributed by atoms with Crippen LogP contribution in [0.15, 0.2) is 33.7 Å². The lowest BCUT2D eigenvalue weighted by Crippen LogP contribution is -2.56. The van der Waals surface area contributed by atoms with E-state index in [9.17, 15) is 14.4 Å².